The first-order chi connectivity index (χ1) is 9.78. The average Bonchev–Trinajstić information content (AvgIpc) is 2.47. The number of ether oxygens (including phenoxy) is 1. The molecule has 0 aliphatic carbocycles. The number of nitrogens with zero attached hydrogens (tertiary/aromatic N) is 1. The quantitative estimate of drug-likeness (QED) is 0.848. The smallest absolute Gasteiger partial charge is 0.248 e. The zero-order valence-electron chi connectivity index (χ0n) is 11.2. The largest absolute Gasteiger partial charge is 0.380 e. The van der Waals surface area contributed by atoms with E-state index in [0.717, 1.165) is 16.8 Å². The molecule has 4 nitrogen and oxygen atoms in total. The number of anilines is 1. The van der Waals surface area contributed by atoms with Crippen molar-refractivity contribution in [3.8, 4) is 0 Å². The van der Waals surface area contributed by atoms with Gasteiger partial charge in [0.2, 0.25) is 5.91 Å². The van der Waals surface area contributed by atoms with Gasteiger partial charge in [-0.1, -0.05) is 18.2 Å². The molecule has 1 amide bonds. The van der Waals surface area contributed by atoms with Gasteiger partial charge in [-0.25, -0.2) is 0 Å². The van der Waals surface area contributed by atoms with E-state index in [1.165, 1.54) is 6.08 Å². The van der Waals surface area contributed by atoms with Gasteiger partial charge in [0.25, 0.3) is 0 Å². The summed E-state index contributed by atoms with van der Waals surface area (Å²) in [6, 6.07) is 11.3. The molecule has 0 saturated heterocycles. The number of nitrogens with one attached hydrogen (secondary N) is 1. The predicted octanol–water partition coefficient (Wildman–Crippen LogP) is 2.88. The molecular weight excluding hydrogens is 252 g/mol. The van der Waals surface area contributed by atoms with Crippen molar-refractivity contribution in [3.05, 3.63) is 66.0 Å². The highest BCUT2D eigenvalue weighted by Crippen LogP contribution is 2.11. The summed E-state index contributed by atoms with van der Waals surface area (Å²) >= 11 is 0. The molecule has 1 heterocycles. The molecule has 4 heteroatoms. The molecule has 0 fully saturated rings. The number of hydrogen-bond donors (Lipinski definition) is 1. The van der Waals surface area contributed by atoms with E-state index in [-0.39, 0.29) is 5.91 Å². The molecule has 0 aliphatic heterocycles. The van der Waals surface area contributed by atoms with Crippen molar-refractivity contribution < 1.29 is 9.53 Å². The number of rotatable bonds is 5. The standard InChI is InChI=1S/C16H16N2O2/c1-20-12-14-4-2-6-15(10-14)18-16(19)8-7-13-5-3-9-17-11-13/h2-11H,12H2,1H3,(H,18,19)/b8-7+. The maximum Gasteiger partial charge on any atom is 0.248 e. The van der Waals surface area contributed by atoms with Crippen LogP contribution in [0.25, 0.3) is 6.08 Å². The van der Waals surface area contributed by atoms with Crippen LogP contribution in [0.15, 0.2) is 54.9 Å². The lowest BCUT2D eigenvalue weighted by molar-refractivity contribution is -0.111. The lowest BCUT2D eigenvalue weighted by atomic mass is 10.2. The van der Waals surface area contributed by atoms with Crippen LogP contribution in [0.5, 0.6) is 0 Å². The number of carbonyl (C=O) groups excluding carboxylic acids is 1. The highest BCUT2D eigenvalue weighted by molar-refractivity contribution is 6.01. The highest BCUT2D eigenvalue weighted by atomic mass is 16.5. The van der Waals surface area contributed by atoms with E-state index in [1.54, 1.807) is 25.6 Å². The number of pyridine rings is 1. The molecule has 1 aromatic heterocycles. The maximum absolute atomic E-state index is 11.8. The van der Waals surface area contributed by atoms with E-state index in [0.29, 0.717) is 6.61 Å². The summed E-state index contributed by atoms with van der Waals surface area (Å²) in [5, 5.41) is 2.81. The van der Waals surface area contributed by atoms with Crippen molar-refractivity contribution >= 4 is 17.7 Å². The van der Waals surface area contributed by atoms with Gasteiger partial charge in [0, 0.05) is 31.3 Å². The summed E-state index contributed by atoms with van der Waals surface area (Å²) in [6.07, 6.45) is 6.60. The maximum atomic E-state index is 11.8. The Bertz CT molecular complexity index is 594. The van der Waals surface area contributed by atoms with Gasteiger partial charge < -0.3 is 10.1 Å². The summed E-state index contributed by atoms with van der Waals surface area (Å²) in [6.45, 7) is 0.523. The molecule has 0 bridgehead atoms. The van der Waals surface area contributed by atoms with Crippen LogP contribution < -0.4 is 5.32 Å². The number of benzene rings is 1. The highest BCUT2D eigenvalue weighted by Gasteiger charge is 1.99. The molecule has 0 radical (unpaired) electrons. The van der Waals surface area contributed by atoms with Crippen molar-refractivity contribution in [2.24, 2.45) is 0 Å². The van der Waals surface area contributed by atoms with Crippen molar-refractivity contribution in [3.63, 3.8) is 0 Å². The Morgan fingerprint density at radius 1 is 1.35 bits per heavy atom. The van der Waals surface area contributed by atoms with Crippen LogP contribution in [0.4, 0.5) is 5.69 Å². The van der Waals surface area contributed by atoms with E-state index in [9.17, 15) is 4.79 Å². The minimum absolute atomic E-state index is 0.177. The lowest BCUT2D eigenvalue weighted by Gasteiger charge is -2.05. The van der Waals surface area contributed by atoms with Crippen LogP contribution in [0.3, 0.4) is 0 Å². The molecule has 20 heavy (non-hydrogen) atoms. The fourth-order valence-corrected chi connectivity index (χ4v) is 1.74. The van der Waals surface area contributed by atoms with Crippen molar-refractivity contribution in [2.45, 2.75) is 6.61 Å². The number of methoxy groups -OCH3 is 1. The first-order valence-corrected chi connectivity index (χ1v) is 6.25. The first-order valence-electron chi connectivity index (χ1n) is 6.25. The molecule has 0 spiro atoms. The fraction of sp³-hybridized carbons (Fsp3) is 0.125. The van der Waals surface area contributed by atoms with E-state index < -0.39 is 0 Å². The van der Waals surface area contributed by atoms with Crippen molar-refractivity contribution in [2.75, 3.05) is 12.4 Å². The van der Waals surface area contributed by atoms with Gasteiger partial charge in [0.15, 0.2) is 0 Å². The van der Waals surface area contributed by atoms with E-state index >= 15 is 0 Å². The van der Waals surface area contributed by atoms with Gasteiger partial charge in [-0.2, -0.15) is 0 Å². The second-order valence-electron chi connectivity index (χ2n) is 4.24. The Labute approximate surface area is 118 Å². The monoisotopic (exact) mass is 268 g/mol. The Kier molecular flexibility index (Phi) is 5.03. The van der Waals surface area contributed by atoms with Gasteiger partial charge in [-0.05, 0) is 35.4 Å². The van der Waals surface area contributed by atoms with Crippen LogP contribution >= 0.6 is 0 Å². The summed E-state index contributed by atoms with van der Waals surface area (Å²) < 4.78 is 5.06. The lowest BCUT2D eigenvalue weighted by Crippen LogP contribution is -2.08. The number of hydrogen-bond acceptors (Lipinski definition) is 3. The Balaban J connectivity index is 1.97. The molecule has 0 unspecified atom stereocenters. The predicted molar refractivity (Wildman–Crippen MR) is 79.1 cm³/mol. The summed E-state index contributed by atoms with van der Waals surface area (Å²) in [4.78, 5) is 15.8. The Morgan fingerprint density at radius 2 is 2.25 bits per heavy atom. The van der Waals surface area contributed by atoms with Gasteiger partial charge in [-0.15, -0.1) is 0 Å². The minimum atomic E-state index is -0.177. The zero-order valence-corrected chi connectivity index (χ0v) is 11.2. The van der Waals surface area contributed by atoms with E-state index in [2.05, 4.69) is 10.3 Å². The zero-order chi connectivity index (χ0) is 14.2. The second-order valence-corrected chi connectivity index (χ2v) is 4.24. The number of amides is 1. The van der Waals surface area contributed by atoms with Gasteiger partial charge in [0.05, 0.1) is 6.61 Å². The third kappa shape index (κ3) is 4.33. The molecule has 0 aliphatic rings. The average molecular weight is 268 g/mol. The van der Waals surface area contributed by atoms with Crippen LogP contribution in [0.1, 0.15) is 11.1 Å². The van der Waals surface area contributed by atoms with Crippen LogP contribution in [-0.4, -0.2) is 18.0 Å². The van der Waals surface area contributed by atoms with Crippen LogP contribution in [-0.2, 0) is 16.1 Å². The fourth-order valence-electron chi connectivity index (χ4n) is 1.74. The summed E-state index contributed by atoms with van der Waals surface area (Å²) in [5.41, 5.74) is 2.65. The summed E-state index contributed by atoms with van der Waals surface area (Å²) in [5.74, 6) is -0.177. The third-order valence-corrected chi connectivity index (χ3v) is 2.62. The van der Waals surface area contributed by atoms with Gasteiger partial charge in [0.1, 0.15) is 0 Å². The second kappa shape index (κ2) is 7.21. The Morgan fingerprint density at radius 3 is 3.00 bits per heavy atom. The molecule has 1 aromatic carbocycles. The molecule has 1 N–H and O–H groups in total. The van der Waals surface area contributed by atoms with Crippen LogP contribution in [0, 0.1) is 0 Å². The SMILES string of the molecule is COCc1cccc(NC(=O)/C=C/c2cccnc2)c1. The molecule has 102 valence electrons. The molecule has 2 aromatic rings. The van der Waals surface area contributed by atoms with Crippen molar-refractivity contribution in [1.29, 1.82) is 0 Å². The summed E-state index contributed by atoms with van der Waals surface area (Å²) in [7, 11) is 1.64. The molecular formula is C16H16N2O2. The minimum Gasteiger partial charge on any atom is -0.380 e. The van der Waals surface area contributed by atoms with Crippen LogP contribution in [0.2, 0.25) is 0 Å². The third-order valence-electron chi connectivity index (χ3n) is 2.62. The first kappa shape index (κ1) is 14.0. The molecule has 0 saturated carbocycles. The van der Waals surface area contributed by atoms with E-state index in [1.807, 2.05) is 36.4 Å². The van der Waals surface area contributed by atoms with Crippen molar-refractivity contribution in [1.82, 2.24) is 4.98 Å². The number of aromatic nitrogens is 1. The Hall–Kier alpha value is -2.46. The van der Waals surface area contributed by atoms with Gasteiger partial charge in [-0.3, -0.25) is 9.78 Å². The number of carbonyl (C=O) groups is 1. The molecule has 2 rings (SSSR count). The topological polar surface area (TPSA) is 51.2 Å². The van der Waals surface area contributed by atoms with E-state index in [4.69, 9.17) is 4.74 Å². The van der Waals surface area contributed by atoms with Gasteiger partial charge >= 0.3 is 0 Å². The normalized spacial score (nSPS) is 10.7. The molecule has 0 atom stereocenters.